The van der Waals surface area contributed by atoms with Gasteiger partial charge in [-0.3, -0.25) is 0 Å². The Morgan fingerprint density at radius 3 is 2.71 bits per heavy atom. The molecule has 0 saturated heterocycles. The molecule has 4 atom stereocenters. The minimum atomic E-state index is -0.00354. The van der Waals surface area contributed by atoms with Gasteiger partial charge in [-0.2, -0.15) is 0 Å². The van der Waals surface area contributed by atoms with Gasteiger partial charge in [0.2, 0.25) is 0 Å². The quantitative estimate of drug-likeness (QED) is 0.633. The molecule has 4 unspecified atom stereocenters. The number of rotatable bonds is 1. The molecule has 0 spiro atoms. The molecule has 1 nitrogen and oxygen atoms in total. The second-order valence-corrected chi connectivity index (χ2v) is 5.61. The third-order valence-corrected chi connectivity index (χ3v) is 4.78. The van der Waals surface area contributed by atoms with Gasteiger partial charge in [0.05, 0.1) is 6.10 Å². The van der Waals surface area contributed by atoms with Gasteiger partial charge >= 0.3 is 0 Å². The van der Waals surface area contributed by atoms with Crippen molar-refractivity contribution in [3.05, 3.63) is 12.2 Å². The van der Waals surface area contributed by atoms with Crippen LogP contribution in [-0.2, 0) is 0 Å². The van der Waals surface area contributed by atoms with Gasteiger partial charge in [0, 0.05) is 0 Å². The second kappa shape index (κ2) is 3.10. The van der Waals surface area contributed by atoms with Crippen LogP contribution in [0.2, 0.25) is 0 Å². The van der Waals surface area contributed by atoms with Crippen molar-refractivity contribution in [3.63, 3.8) is 0 Å². The van der Waals surface area contributed by atoms with Crippen LogP contribution in [0.25, 0.3) is 0 Å². The van der Waals surface area contributed by atoms with Crippen LogP contribution in [-0.4, -0.2) is 11.2 Å². The van der Waals surface area contributed by atoms with E-state index in [-0.39, 0.29) is 6.10 Å². The molecule has 3 aliphatic carbocycles. The van der Waals surface area contributed by atoms with Crippen molar-refractivity contribution >= 4 is 0 Å². The van der Waals surface area contributed by atoms with E-state index >= 15 is 0 Å². The molecule has 2 fully saturated rings. The van der Waals surface area contributed by atoms with Gasteiger partial charge in [-0.15, -0.1) is 0 Å². The molecule has 0 aliphatic heterocycles. The maximum Gasteiger partial charge on any atom is 0.0543 e. The molecule has 3 rings (SSSR count). The summed E-state index contributed by atoms with van der Waals surface area (Å²) >= 11 is 0. The van der Waals surface area contributed by atoms with Crippen molar-refractivity contribution in [2.75, 3.05) is 0 Å². The van der Waals surface area contributed by atoms with Crippen molar-refractivity contribution in [3.8, 4) is 0 Å². The lowest BCUT2D eigenvalue weighted by Gasteiger charge is -2.38. The molecular weight excluding hydrogens is 172 g/mol. The minimum absolute atomic E-state index is 0.00354. The molecule has 1 heteroatoms. The van der Waals surface area contributed by atoms with Crippen molar-refractivity contribution in [2.24, 2.45) is 17.3 Å². The first-order valence-electron chi connectivity index (χ1n) is 6.16. The number of aliphatic hydroxyl groups excluding tert-OH is 1. The van der Waals surface area contributed by atoms with Gasteiger partial charge in [0.25, 0.3) is 0 Å². The van der Waals surface area contributed by atoms with Crippen LogP contribution in [0.4, 0.5) is 0 Å². The zero-order valence-electron chi connectivity index (χ0n) is 8.78. The van der Waals surface area contributed by atoms with Gasteiger partial charge in [-0.25, -0.2) is 0 Å². The molecule has 0 aromatic heterocycles. The molecule has 78 valence electrons. The van der Waals surface area contributed by atoms with E-state index in [0.717, 1.165) is 24.7 Å². The first-order valence-corrected chi connectivity index (χ1v) is 6.16. The molecule has 0 radical (unpaired) electrons. The molecule has 14 heavy (non-hydrogen) atoms. The highest BCUT2D eigenvalue weighted by atomic mass is 16.3. The van der Waals surface area contributed by atoms with E-state index in [4.69, 9.17) is 0 Å². The molecule has 0 aromatic rings. The zero-order valence-corrected chi connectivity index (χ0v) is 8.78. The minimum Gasteiger partial charge on any atom is -0.393 e. The molecule has 0 aromatic carbocycles. The Kier molecular flexibility index (Phi) is 1.98. The fourth-order valence-corrected chi connectivity index (χ4v) is 3.98. The fourth-order valence-electron chi connectivity index (χ4n) is 3.98. The average molecular weight is 192 g/mol. The lowest BCUT2D eigenvalue weighted by Crippen LogP contribution is -2.31. The van der Waals surface area contributed by atoms with Gasteiger partial charge in [0.1, 0.15) is 0 Å². The summed E-state index contributed by atoms with van der Waals surface area (Å²) in [5.41, 5.74) is 0.520. The smallest absolute Gasteiger partial charge is 0.0543 e. The standard InChI is InChI=1S/C13H20O/c14-12-3-1-2-11(8-12)13-6-4-10(9-13)5-7-13/h4,6,10-12,14H,1-3,5,7-9H2. The number of hydrogen-bond acceptors (Lipinski definition) is 1. The van der Waals surface area contributed by atoms with Crippen LogP contribution >= 0.6 is 0 Å². The fraction of sp³-hybridized carbons (Fsp3) is 0.846. The van der Waals surface area contributed by atoms with Gasteiger partial charge in [-0.05, 0) is 55.8 Å². The molecule has 3 aliphatic rings. The second-order valence-electron chi connectivity index (χ2n) is 5.61. The van der Waals surface area contributed by atoms with E-state index in [0.29, 0.717) is 5.41 Å². The van der Waals surface area contributed by atoms with E-state index in [2.05, 4.69) is 12.2 Å². The first-order chi connectivity index (χ1) is 6.78. The Labute approximate surface area is 86.2 Å². The van der Waals surface area contributed by atoms with Gasteiger partial charge in [0.15, 0.2) is 0 Å². The maximum atomic E-state index is 9.74. The normalized spacial score (nSPS) is 51.4. The van der Waals surface area contributed by atoms with Crippen molar-refractivity contribution in [1.29, 1.82) is 0 Å². The molecule has 2 bridgehead atoms. The Morgan fingerprint density at radius 2 is 2.14 bits per heavy atom. The first kappa shape index (κ1) is 8.96. The van der Waals surface area contributed by atoms with E-state index < -0.39 is 0 Å². The van der Waals surface area contributed by atoms with Crippen molar-refractivity contribution in [2.45, 2.75) is 51.0 Å². The largest absolute Gasteiger partial charge is 0.393 e. The predicted molar refractivity (Wildman–Crippen MR) is 56.9 cm³/mol. The topological polar surface area (TPSA) is 20.2 Å². The van der Waals surface area contributed by atoms with E-state index in [9.17, 15) is 5.11 Å². The van der Waals surface area contributed by atoms with Crippen LogP contribution in [0, 0.1) is 17.3 Å². The Balaban J connectivity index is 1.78. The van der Waals surface area contributed by atoms with E-state index in [1.165, 1.54) is 32.1 Å². The SMILES string of the molecule is OC1CCCC(C23C=CC(CC2)C3)C1. The lowest BCUT2D eigenvalue weighted by atomic mass is 9.68. The number of hydrogen-bond donors (Lipinski definition) is 1. The third-order valence-electron chi connectivity index (χ3n) is 4.78. The monoisotopic (exact) mass is 192 g/mol. The van der Waals surface area contributed by atoms with E-state index in [1.54, 1.807) is 0 Å². The summed E-state index contributed by atoms with van der Waals surface area (Å²) in [6.45, 7) is 0. The van der Waals surface area contributed by atoms with Crippen LogP contribution in [0.5, 0.6) is 0 Å². The summed E-state index contributed by atoms with van der Waals surface area (Å²) in [6, 6.07) is 0. The highest BCUT2D eigenvalue weighted by molar-refractivity contribution is 5.17. The van der Waals surface area contributed by atoms with E-state index in [1.807, 2.05) is 0 Å². The van der Waals surface area contributed by atoms with Crippen LogP contribution < -0.4 is 0 Å². The Morgan fingerprint density at radius 1 is 1.21 bits per heavy atom. The molecule has 0 heterocycles. The zero-order chi connectivity index (χ0) is 9.60. The number of allylic oxidation sites excluding steroid dienone is 2. The summed E-state index contributed by atoms with van der Waals surface area (Å²) in [4.78, 5) is 0. The summed E-state index contributed by atoms with van der Waals surface area (Å²) in [5.74, 6) is 1.67. The lowest BCUT2D eigenvalue weighted by molar-refractivity contribution is 0.0593. The summed E-state index contributed by atoms with van der Waals surface area (Å²) in [6.07, 6.45) is 13.8. The van der Waals surface area contributed by atoms with Crippen molar-refractivity contribution < 1.29 is 5.11 Å². The highest BCUT2D eigenvalue weighted by Gasteiger charge is 2.46. The van der Waals surface area contributed by atoms with Gasteiger partial charge < -0.3 is 5.11 Å². The molecule has 1 N–H and O–H groups in total. The predicted octanol–water partition coefficient (Wildman–Crippen LogP) is 2.89. The average Bonchev–Trinajstić information content (AvgIpc) is 2.78. The van der Waals surface area contributed by atoms with Crippen LogP contribution in [0.15, 0.2) is 12.2 Å². The highest BCUT2D eigenvalue weighted by Crippen LogP contribution is 2.56. The van der Waals surface area contributed by atoms with Gasteiger partial charge in [-0.1, -0.05) is 18.6 Å². The third kappa shape index (κ3) is 1.25. The molecule has 0 amide bonds. The number of fused-ring (bicyclic) bond motifs is 2. The Bertz CT molecular complexity index is 258. The molecular formula is C13H20O. The summed E-state index contributed by atoms with van der Waals surface area (Å²) < 4.78 is 0. The Hall–Kier alpha value is -0.300. The molecule has 2 saturated carbocycles. The van der Waals surface area contributed by atoms with Crippen LogP contribution in [0.3, 0.4) is 0 Å². The van der Waals surface area contributed by atoms with Crippen LogP contribution in [0.1, 0.15) is 44.9 Å². The summed E-state index contributed by atoms with van der Waals surface area (Å²) in [5, 5.41) is 9.74. The van der Waals surface area contributed by atoms with Crippen molar-refractivity contribution in [1.82, 2.24) is 0 Å². The maximum absolute atomic E-state index is 9.74. The summed E-state index contributed by atoms with van der Waals surface area (Å²) in [7, 11) is 0. The number of aliphatic hydroxyl groups is 1.